The van der Waals surface area contributed by atoms with Gasteiger partial charge in [-0.2, -0.15) is 0 Å². The van der Waals surface area contributed by atoms with Gasteiger partial charge in [-0.1, -0.05) is 12.8 Å². The average Bonchev–Trinajstić information content (AvgIpc) is 2.22. The second-order valence-electron chi connectivity index (χ2n) is 4.67. The van der Waals surface area contributed by atoms with E-state index in [0.717, 1.165) is 38.8 Å². The van der Waals surface area contributed by atoms with Crippen molar-refractivity contribution in [1.82, 2.24) is 5.32 Å². The maximum atomic E-state index is 5.93. The van der Waals surface area contributed by atoms with Crippen LogP contribution in [0, 0.1) is 0 Å². The molecule has 0 aliphatic rings. The molecule has 0 rings (SSSR count). The lowest BCUT2D eigenvalue weighted by atomic mass is 10.1. The zero-order valence-electron chi connectivity index (χ0n) is 10.8. The highest BCUT2D eigenvalue weighted by atomic mass is 15.0. The lowest BCUT2D eigenvalue weighted by Gasteiger charge is -2.14. The van der Waals surface area contributed by atoms with Crippen LogP contribution in [0.3, 0.4) is 0 Å². The molecular weight excluding hydrogens is 200 g/mol. The summed E-state index contributed by atoms with van der Waals surface area (Å²) in [5.41, 5.74) is 17.0. The van der Waals surface area contributed by atoms with Crippen molar-refractivity contribution >= 4 is 0 Å². The van der Waals surface area contributed by atoms with E-state index in [0.29, 0.717) is 6.04 Å². The standard InChI is InChI=1S/C12H30N4/c1-11(14)7-6-8-12(15)16-10-5-3-2-4-9-13/h11-12,16H,2-10,13-15H2,1H3. The topological polar surface area (TPSA) is 90.1 Å². The summed E-state index contributed by atoms with van der Waals surface area (Å²) < 4.78 is 0. The van der Waals surface area contributed by atoms with Crippen molar-refractivity contribution in [2.75, 3.05) is 13.1 Å². The summed E-state index contributed by atoms with van der Waals surface area (Å²) >= 11 is 0. The van der Waals surface area contributed by atoms with Crippen LogP contribution in [0.2, 0.25) is 0 Å². The predicted octanol–water partition coefficient (Wildman–Crippen LogP) is 0.897. The van der Waals surface area contributed by atoms with Crippen molar-refractivity contribution in [2.24, 2.45) is 17.2 Å². The second-order valence-corrected chi connectivity index (χ2v) is 4.67. The molecule has 0 amide bonds. The Morgan fingerprint density at radius 1 is 0.938 bits per heavy atom. The maximum absolute atomic E-state index is 5.93. The van der Waals surface area contributed by atoms with Gasteiger partial charge in [0.25, 0.3) is 0 Å². The molecule has 98 valence electrons. The van der Waals surface area contributed by atoms with Gasteiger partial charge in [-0.3, -0.25) is 0 Å². The van der Waals surface area contributed by atoms with Crippen LogP contribution < -0.4 is 22.5 Å². The Hall–Kier alpha value is -0.160. The summed E-state index contributed by atoms with van der Waals surface area (Å²) in [5.74, 6) is 0. The van der Waals surface area contributed by atoms with Crippen LogP contribution in [0.5, 0.6) is 0 Å². The van der Waals surface area contributed by atoms with Crippen molar-refractivity contribution in [1.29, 1.82) is 0 Å². The number of nitrogens with one attached hydrogen (secondary N) is 1. The molecule has 0 bridgehead atoms. The number of rotatable bonds is 11. The predicted molar refractivity (Wildman–Crippen MR) is 71.0 cm³/mol. The molecule has 4 heteroatoms. The molecule has 7 N–H and O–H groups in total. The van der Waals surface area contributed by atoms with E-state index < -0.39 is 0 Å². The van der Waals surface area contributed by atoms with Crippen LogP contribution >= 0.6 is 0 Å². The van der Waals surface area contributed by atoms with Gasteiger partial charge in [0.2, 0.25) is 0 Å². The Bertz CT molecular complexity index is 139. The molecule has 0 radical (unpaired) electrons. The first-order valence-corrected chi connectivity index (χ1v) is 6.61. The fraction of sp³-hybridized carbons (Fsp3) is 1.00. The molecule has 4 nitrogen and oxygen atoms in total. The van der Waals surface area contributed by atoms with Crippen LogP contribution in [0.15, 0.2) is 0 Å². The highest BCUT2D eigenvalue weighted by Gasteiger charge is 2.01. The van der Waals surface area contributed by atoms with E-state index in [-0.39, 0.29) is 6.17 Å². The molecule has 0 saturated heterocycles. The Morgan fingerprint density at radius 2 is 1.62 bits per heavy atom. The molecule has 0 heterocycles. The highest BCUT2D eigenvalue weighted by molar-refractivity contribution is 4.61. The normalized spacial score (nSPS) is 15.0. The van der Waals surface area contributed by atoms with E-state index in [4.69, 9.17) is 17.2 Å². The third-order valence-electron chi connectivity index (χ3n) is 2.71. The quantitative estimate of drug-likeness (QED) is 0.313. The van der Waals surface area contributed by atoms with Crippen LogP contribution in [0.4, 0.5) is 0 Å². The monoisotopic (exact) mass is 230 g/mol. The molecular formula is C12H30N4. The van der Waals surface area contributed by atoms with E-state index >= 15 is 0 Å². The molecule has 0 aromatic rings. The van der Waals surface area contributed by atoms with Gasteiger partial charge in [0.1, 0.15) is 0 Å². The van der Waals surface area contributed by atoms with Gasteiger partial charge in [-0.25, -0.2) is 0 Å². The maximum Gasteiger partial charge on any atom is 0.0546 e. The summed E-state index contributed by atoms with van der Waals surface area (Å²) in [4.78, 5) is 0. The van der Waals surface area contributed by atoms with Gasteiger partial charge < -0.3 is 22.5 Å². The minimum Gasteiger partial charge on any atom is -0.330 e. The van der Waals surface area contributed by atoms with Crippen molar-refractivity contribution < 1.29 is 0 Å². The molecule has 2 atom stereocenters. The van der Waals surface area contributed by atoms with Gasteiger partial charge in [0, 0.05) is 6.04 Å². The van der Waals surface area contributed by atoms with Gasteiger partial charge in [-0.15, -0.1) is 0 Å². The number of nitrogens with two attached hydrogens (primary N) is 3. The first-order valence-electron chi connectivity index (χ1n) is 6.61. The molecule has 0 fully saturated rings. The Balaban J connectivity index is 3.14. The van der Waals surface area contributed by atoms with E-state index in [9.17, 15) is 0 Å². The minimum absolute atomic E-state index is 0.133. The fourth-order valence-electron chi connectivity index (χ4n) is 1.67. The summed E-state index contributed by atoms with van der Waals surface area (Å²) in [6.45, 7) is 3.87. The number of hydrogen-bond acceptors (Lipinski definition) is 4. The molecule has 0 aromatic heterocycles. The summed E-state index contributed by atoms with van der Waals surface area (Å²) in [5, 5.41) is 3.34. The first-order chi connectivity index (χ1) is 7.66. The van der Waals surface area contributed by atoms with Crippen molar-refractivity contribution in [2.45, 2.75) is 64.1 Å². The van der Waals surface area contributed by atoms with Crippen molar-refractivity contribution in [3.8, 4) is 0 Å². The van der Waals surface area contributed by atoms with E-state index in [1.807, 2.05) is 6.92 Å². The molecule has 0 aromatic carbocycles. The number of hydrogen-bond donors (Lipinski definition) is 4. The van der Waals surface area contributed by atoms with E-state index in [2.05, 4.69) is 5.32 Å². The average molecular weight is 230 g/mol. The Kier molecular flexibility index (Phi) is 11.2. The second kappa shape index (κ2) is 11.3. The third kappa shape index (κ3) is 11.9. The molecule has 0 spiro atoms. The van der Waals surface area contributed by atoms with Crippen LogP contribution in [0.1, 0.15) is 51.9 Å². The van der Waals surface area contributed by atoms with E-state index in [1.54, 1.807) is 0 Å². The molecule has 0 aliphatic carbocycles. The smallest absolute Gasteiger partial charge is 0.0546 e. The van der Waals surface area contributed by atoms with Crippen molar-refractivity contribution in [3.05, 3.63) is 0 Å². The van der Waals surface area contributed by atoms with Crippen LogP contribution in [0.25, 0.3) is 0 Å². The number of unbranched alkanes of at least 4 members (excludes halogenated alkanes) is 3. The van der Waals surface area contributed by atoms with Crippen LogP contribution in [-0.4, -0.2) is 25.3 Å². The summed E-state index contributed by atoms with van der Waals surface area (Å²) in [6, 6.07) is 0.295. The first kappa shape index (κ1) is 15.8. The van der Waals surface area contributed by atoms with Gasteiger partial charge in [0.15, 0.2) is 0 Å². The fourth-order valence-corrected chi connectivity index (χ4v) is 1.67. The lowest BCUT2D eigenvalue weighted by molar-refractivity contribution is 0.451. The molecule has 16 heavy (non-hydrogen) atoms. The zero-order valence-corrected chi connectivity index (χ0v) is 10.8. The Labute approximate surface area is 100 Å². The molecule has 0 aliphatic heterocycles. The Morgan fingerprint density at radius 3 is 2.25 bits per heavy atom. The zero-order chi connectivity index (χ0) is 12.2. The highest BCUT2D eigenvalue weighted by Crippen LogP contribution is 2.01. The van der Waals surface area contributed by atoms with Crippen molar-refractivity contribution in [3.63, 3.8) is 0 Å². The largest absolute Gasteiger partial charge is 0.330 e. The van der Waals surface area contributed by atoms with Gasteiger partial charge >= 0.3 is 0 Å². The van der Waals surface area contributed by atoms with E-state index in [1.165, 1.54) is 19.3 Å². The molecule has 0 saturated carbocycles. The van der Waals surface area contributed by atoms with Gasteiger partial charge in [0.05, 0.1) is 6.17 Å². The SMILES string of the molecule is CC(N)CCCC(N)NCCCCCCN. The summed E-state index contributed by atoms with van der Waals surface area (Å²) in [7, 11) is 0. The minimum atomic E-state index is 0.133. The molecule has 2 unspecified atom stereocenters. The lowest BCUT2D eigenvalue weighted by Crippen LogP contribution is -2.38. The van der Waals surface area contributed by atoms with Crippen LogP contribution in [-0.2, 0) is 0 Å². The van der Waals surface area contributed by atoms with Gasteiger partial charge in [-0.05, 0) is 52.1 Å². The third-order valence-corrected chi connectivity index (χ3v) is 2.71. The summed E-state index contributed by atoms with van der Waals surface area (Å²) in [6.07, 6.45) is 8.14.